The zero-order valence-electron chi connectivity index (χ0n) is 9.43. The van der Waals surface area contributed by atoms with Crippen LogP contribution in [0.1, 0.15) is 17.3 Å². The third kappa shape index (κ3) is 2.58. The number of ether oxygens (including phenoxy) is 1. The van der Waals surface area contributed by atoms with Gasteiger partial charge in [0.1, 0.15) is 0 Å². The molecule has 0 bridgehead atoms. The number of carbonyl (C=O) groups excluding carboxylic acids is 1. The summed E-state index contributed by atoms with van der Waals surface area (Å²) >= 11 is 5.61. The zero-order chi connectivity index (χ0) is 12.5. The summed E-state index contributed by atoms with van der Waals surface area (Å²) in [5.74, 6) is -1.13. The van der Waals surface area contributed by atoms with Gasteiger partial charge in [-0.1, -0.05) is 24.6 Å². The molecule has 0 aromatic heterocycles. The summed E-state index contributed by atoms with van der Waals surface area (Å²) in [6.07, 6.45) is 0. The fourth-order valence-corrected chi connectivity index (χ4v) is 1.80. The molecule has 2 rings (SSSR count). The Bertz CT molecular complexity index is 446. The molecule has 1 aromatic carbocycles. The van der Waals surface area contributed by atoms with Gasteiger partial charge in [0.2, 0.25) is 0 Å². The molecule has 5 heteroatoms. The standard InChI is InChI=1S/C12H13ClFNO2/c1-12(6-17-7-12)5-15-11(16)8-3-2-4-9(13)10(8)14/h2-4H,5-7H2,1H3,(H,15,16). The van der Waals surface area contributed by atoms with Gasteiger partial charge in [0, 0.05) is 12.0 Å². The fraction of sp³-hybridized carbons (Fsp3) is 0.417. The number of rotatable bonds is 3. The van der Waals surface area contributed by atoms with E-state index in [0.29, 0.717) is 19.8 Å². The molecule has 0 aliphatic carbocycles. The first-order valence-electron chi connectivity index (χ1n) is 5.32. The van der Waals surface area contributed by atoms with E-state index in [-0.39, 0.29) is 16.0 Å². The van der Waals surface area contributed by atoms with Gasteiger partial charge in [0.05, 0.1) is 23.8 Å². The van der Waals surface area contributed by atoms with Crippen LogP contribution < -0.4 is 5.32 Å². The average molecular weight is 258 g/mol. The summed E-state index contributed by atoms with van der Waals surface area (Å²) < 4.78 is 18.6. The molecule has 1 aromatic rings. The van der Waals surface area contributed by atoms with Gasteiger partial charge < -0.3 is 10.1 Å². The smallest absolute Gasteiger partial charge is 0.254 e. The highest BCUT2D eigenvalue weighted by molar-refractivity contribution is 6.31. The maximum absolute atomic E-state index is 13.6. The fourth-order valence-electron chi connectivity index (χ4n) is 1.62. The minimum Gasteiger partial charge on any atom is -0.380 e. The molecule has 3 nitrogen and oxygen atoms in total. The SMILES string of the molecule is CC1(CNC(=O)c2cccc(Cl)c2F)COC1. The van der Waals surface area contributed by atoms with E-state index in [9.17, 15) is 9.18 Å². The second-order valence-corrected chi connectivity index (χ2v) is 4.99. The lowest BCUT2D eigenvalue weighted by molar-refractivity contribution is -0.0978. The van der Waals surface area contributed by atoms with Gasteiger partial charge in [-0.05, 0) is 12.1 Å². The average Bonchev–Trinajstić information content (AvgIpc) is 2.27. The van der Waals surface area contributed by atoms with Crippen LogP contribution in [0.25, 0.3) is 0 Å². The van der Waals surface area contributed by atoms with E-state index in [1.165, 1.54) is 12.1 Å². The minimum atomic E-state index is -0.679. The van der Waals surface area contributed by atoms with E-state index >= 15 is 0 Å². The van der Waals surface area contributed by atoms with E-state index in [1.807, 2.05) is 6.92 Å². The number of hydrogen-bond donors (Lipinski definition) is 1. The number of amides is 1. The molecule has 1 aliphatic rings. The van der Waals surface area contributed by atoms with E-state index in [2.05, 4.69) is 5.32 Å². The lowest BCUT2D eigenvalue weighted by atomic mass is 9.88. The Hall–Kier alpha value is -1.13. The van der Waals surface area contributed by atoms with Crippen LogP contribution in [0.2, 0.25) is 5.02 Å². The summed E-state index contributed by atoms with van der Waals surface area (Å²) in [6.45, 7) is 3.71. The van der Waals surface area contributed by atoms with Crippen molar-refractivity contribution in [2.75, 3.05) is 19.8 Å². The second kappa shape index (κ2) is 4.63. The third-order valence-electron chi connectivity index (χ3n) is 2.77. The predicted octanol–water partition coefficient (Wildman–Crippen LogP) is 2.25. The van der Waals surface area contributed by atoms with Crippen molar-refractivity contribution >= 4 is 17.5 Å². The van der Waals surface area contributed by atoms with Crippen LogP contribution in [-0.2, 0) is 4.74 Å². The molecule has 1 heterocycles. The Morgan fingerprint density at radius 2 is 2.29 bits per heavy atom. The van der Waals surface area contributed by atoms with Crippen LogP contribution in [0, 0.1) is 11.2 Å². The van der Waals surface area contributed by atoms with Gasteiger partial charge >= 0.3 is 0 Å². The summed E-state index contributed by atoms with van der Waals surface area (Å²) in [5, 5.41) is 2.65. The van der Waals surface area contributed by atoms with Crippen LogP contribution in [0.15, 0.2) is 18.2 Å². The van der Waals surface area contributed by atoms with Crippen molar-refractivity contribution in [3.63, 3.8) is 0 Å². The lowest BCUT2D eigenvalue weighted by Crippen LogP contribution is -2.48. The summed E-state index contributed by atoms with van der Waals surface area (Å²) in [4.78, 5) is 11.8. The van der Waals surface area contributed by atoms with Crippen LogP contribution in [0.3, 0.4) is 0 Å². The van der Waals surface area contributed by atoms with Crippen molar-refractivity contribution in [1.29, 1.82) is 0 Å². The highest BCUT2D eigenvalue weighted by Crippen LogP contribution is 2.25. The summed E-state index contributed by atoms with van der Waals surface area (Å²) in [7, 11) is 0. The maximum Gasteiger partial charge on any atom is 0.254 e. The second-order valence-electron chi connectivity index (χ2n) is 4.59. The molecule has 0 radical (unpaired) electrons. The quantitative estimate of drug-likeness (QED) is 0.902. The van der Waals surface area contributed by atoms with Gasteiger partial charge in [-0.15, -0.1) is 0 Å². The molecule has 1 N–H and O–H groups in total. The molecule has 0 saturated carbocycles. The van der Waals surface area contributed by atoms with Crippen LogP contribution in [0.5, 0.6) is 0 Å². The molecule has 17 heavy (non-hydrogen) atoms. The van der Waals surface area contributed by atoms with Crippen LogP contribution in [0.4, 0.5) is 4.39 Å². The van der Waals surface area contributed by atoms with Crippen molar-refractivity contribution in [2.45, 2.75) is 6.92 Å². The van der Waals surface area contributed by atoms with Crippen LogP contribution in [-0.4, -0.2) is 25.7 Å². The molecule has 1 saturated heterocycles. The van der Waals surface area contributed by atoms with Gasteiger partial charge in [-0.25, -0.2) is 4.39 Å². The molecule has 1 aliphatic heterocycles. The Morgan fingerprint density at radius 3 is 2.88 bits per heavy atom. The summed E-state index contributed by atoms with van der Waals surface area (Å²) in [5.41, 5.74) is -0.0635. The first-order chi connectivity index (χ1) is 8.02. The van der Waals surface area contributed by atoms with E-state index in [0.717, 1.165) is 0 Å². The molecule has 1 fully saturated rings. The van der Waals surface area contributed by atoms with Gasteiger partial charge in [0.15, 0.2) is 5.82 Å². The Morgan fingerprint density at radius 1 is 1.59 bits per heavy atom. The topological polar surface area (TPSA) is 38.3 Å². The first kappa shape index (κ1) is 12.3. The predicted molar refractivity (Wildman–Crippen MR) is 62.7 cm³/mol. The van der Waals surface area contributed by atoms with Crippen molar-refractivity contribution in [2.24, 2.45) is 5.41 Å². The molecule has 92 valence electrons. The van der Waals surface area contributed by atoms with E-state index in [4.69, 9.17) is 16.3 Å². The van der Waals surface area contributed by atoms with E-state index < -0.39 is 11.7 Å². The molecule has 1 amide bonds. The largest absolute Gasteiger partial charge is 0.380 e. The third-order valence-corrected chi connectivity index (χ3v) is 3.06. The number of carbonyl (C=O) groups is 1. The van der Waals surface area contributed by atoms with Gasteiger partial charge in [-0.2, -0.15) is 0 Å². The van der Waals surface area contributed by atoms with Gasteiger partial charge in [0.25, 0.3) is 5.91 Å². The number of benzene rings is 1. The molecule has 0 spiro atoms. The highest BCUT2D eigenvalue weighted by Gasteiger charge is 2.33. The Labute approximate surface area is 104 Å². The number of hydrogen-bond acceptors (Lipinski definition) is 2. The normalized spacial score (nSPS) is 17.4. The lowest BCUT2D eigenvalue weighted by Gasteiger charge is -2.38. The maximum atomic E-state index is 13.6. The van der Waals surface area contributed by atoms with Crippen molar-refractivity contribution < 1.29 is 13.9 Å². The zero-order valence-corrected chi connectivity index (χ0v) is 10.2. The minimum absolute atomic E-state index is 0.0265. The first-order valence-corrected chi connectivity index (χ1v) is 5.70. The van der Waals surface area contributed by atoms with E-state index in [1.54, 1.807) is 6.07 Å². The number of halogens is 2. The highest BCUT2D eigenvalue weighted by atomic mass is 35.5. The van der Waals surface area contributed by atoms with Crippen molar-refractivity contribution in [1.82, 2.24) is 5.32 Å². The monoisotopic (exact) mass is 257 g/mol. The van der Waals surface area contributed by atoms with Crippen molar-refractivity contribution in [3.8, 4) is 0 Å². The Balaban J connectivity index is 2.02. The molecular weight excluding hydrogens is 245 g/mol. The molecule has 0 unspecified atom stereocenters. The Kier molecular flexibility index (Phi) is 3.35. The van der Waals surface area contributed by atoms with Gasteiger partial charge in [-0.3, -0.25) is 4.79 Å². The van der Waals surface area contributed by atoms with Crippen LogP contribution >= 0.6 is 11.6 Å². The van der Waals surface area contributed by atoms with Crippen molar-refractivity contribution in [3.05, 3.63) is 34.6 Å². The molecular formula is C12H13ClFNO2. The molecule has 0 atom stereocenters. The summed E-state index contributed by atoms with van der Waals surface area (Å²) in [6, 6.07) is 4.37. The number of nitrogens with one attached hydrogen (secondary N) is 1.